The Balaban J connectivity index is 2.59. The van der Waals surface area contributed by atoms with Gasteiger partial charge in [-0.2, -0.15) is 0 Å². The number of hydrogen-bond acceptors (Lipinski definition) is 4. The van der Waals surface area contributed by atoms with Gasteiger partial charge in [-0.05, 0) is 24.5 Å². The fourth-order valence-electron chi connectivity index (χ4n) is 1.87. The Labute approximate surface area is 118 Å². The lowest BCUT2D eigenvalue weighted by molar-refractivity contribution is -0.385. The maximum Gasteiger partial charge on any atom is 0.282 e. The van der Waals surface area contributed by atoms with E-state index < -0.39 is 10.8 Å². The normalized spacial score (nSPS) is 10.6. The van der Waals surface area contributed by atoms with E-state index in [1.165, 1.54) is 18.2 Å². The molecule has 3 N–H and O–H groups in total. The van der Waals surface area contributed by atoms with E-state index in [0.717, 1.165) is 19.3 Å². The summed E-state index contributed by atoms with van der Waals surface area (Å²) in [5, 5.41) is 13.6. The van der Waals surface area contributed by atoms with Gasteiger partial charge in [-0.3, -0.25) is 14.9 Å². The first-order chi connectivity index (χ1) is 9.41. The molecule has 0 unspecified atom stereocenters. The van der Waals surface area contributed by atoms with Crippen molar-refractivity contribution in [1.82, 2.24) is 5.32 Å². The highest BCUT2D eigenvalue weighted by molar-refractivity contribution is 5.99. The lowest BCUT2D eigenvalue weighted by Crippen LogP contribution is -2.25. The highest BCUT2D eigenvalue weighted by Crippen LogP contribution is 2.21. The molecule has 0 aliphatic carbocycles. The monoisotopic (exact) mass is 279 g/mol. The summed E-state index contributed by atoms with van der Waals surface area (Å²) in [6, 6.07) is 4.00. The van der Waals surface area contributed by atoms with Gasteiger partial charge in [-0.15, -0.1) is 0 Å². The van der Waals surface area contributed by atoms with Gasteiger partial charge in [0.25, 0.3) is 11.6 Å². The molecule has 1 aromatic rings. The summed E-state index contributed by atoms with van der Waals surface area (Å²) in [4.78, 5) is 22.2. The topological polar surface area (TPSA) is 98.3 Å². The molecule has 0 aromatic heterocycles. The number of nitrogens with zero attached hydrogens (tertiary/aromatic N) is 1. The van der Waals surface area contributed by atoms with Gasteiger partial charge in [-0.25, -0.2) is 0 Å². The Kier molecular flexibility index (Phi) is 5.96. The first-order valence-electron chi connectivity index (χ1n) is 6.74. The quantitative estimate of drug-likeness (QED) is 0.347. The number of carbonyl (C=O) groups is 1. The van der Waals surface area contributed by atoms with E-state index in [2.05, 4.69) is 19.2 Å². The zero-order valence-electron chi connectivity index (χ0n) is 11.9. The summed E-state index contributed by atoms with van der Waals surface area (Å²) in [6.45, 7) is 4.81. The number of unbranched alkanes of at least 4 members (excludes halogenated alkanes) is 1. The van der Waals surface area contributed by atoms with E-state index in [1.54, 1.807) is 0 Å². The second kappa shape index (κ2) is 7.47. The smallest absolute Gasteiger partial charge is 0.282 e. The zero-order chi connectivity index (χ0) is 15.1. The third-order valence-electron chi connectivity index (χ3n) is 2.96. The Morgan fingerprint density at radius 2 is 2.10 bits per heavy atom. The third kappa shape index (κ3) is 4.87. The van der Waals surface area contributed by atoms with Crippen LogP contribution < -0.4 is 11.1 Å². The molecule has 0 bridgehead atoms. The van der Waals surface area contributed by atoms with Crippen molar-refractivity contribution < 1.29 is 9.72 Å². The van der Waals surface area contributed by atoms with Crippen molar-refractivity contribution in [2.24, 2.45) is 5.92 Å². The van der Waals surface area contributed by atoms with E-state index >= 15 is 0 Å². The number of nitro groups is 1. The highest BCUT2D eigenvalue weighted by Gasteiger charge is 2.19. The molecule has 0 saturated carbocycles. The number of rotatable bonds is 7. The van der Waals surface area contributed by atoms with Crippen LogP contribution in [0.5, 0.6) is 0 Å². The number of carbonyl (C=O) groups excluding carboxylic acids is 1. The molecule has 0 radical (unpaired) electrons. The first kappa shape index (κ1) is 15.9. The van der Waals surface area contributed by atoms with Crippen molar-refractivity contribution >= 4 is 17.3 Å². The van der Waals surface area contributed by atoms with Crippen molar-refractivity contribution in [2.45, 2.75) is 33.1 Å². The van der Waals surface area contributed by atoms with E-state index in [1.807, 2.05) is 0 Å². The van der Waals surface area contributed by atoms with Crippen LogP contribution in [0.4, 0.5) is 11.4 Å². The van der Waals surface area contributed by atoms with Gasteiger partial charge in [0.05, 0.1) is 4.92 Å². The molecule has 0 saturated heterocycles. The average molecular weight is 279 g/mol. The van der Waals surface area contributed by atoms with Crippen LogP contribution in [0.25, 0.3) is 0 Å². The maximum absolute atomic E-state index is 11.9. The van der Waals surface area contributed by atoms with Crippen LogP contribution in [0, 0.1) is 16.0 Å². The molecule has 1 aromatic carbocycles. The molecule has 110 valence electrons. The van der Waals surface area contributed by atoms with Crippen LogP contribution in [0.3, 0.4) is 0 Å². The second-order valence-corrected chi connectivity index (χ2v) is 5.18. The Morgan fingerprint density at radius 3 is 2.70 bits per heavy atom. The van der Waals surface area contributed by atoms with E-state index in [9.17, 15) is 14.9 Å². The molecule has 0 aliphatic heterocycles. The van der Waals surface area contributed by atoms with Crippen LogP contribution in [-0.4, -0.2) is 17.4 Å². The first-order valence-corrected chi connectivity index (χ1v) is 6.74. The second-order valence-electron chi connectivity index (χ2n) is 5.18. The predicted octanol–water partition coefficient (Wildman–Crippen LogP) is 2.73. The van der Waals surface area contributed by atoms with Crippen LogP contribution in [0.15, 0.2) is 18.2 Å². The van der Waals surface area contributed by atoms with Gasteiger partial charge in [-0.1, -0.05) is 26.7 Å². The highest BCUT2D eigenvalue weighted by atomic mass is 16.6. The van der Waals surface area contributed by atoms with Gasteiger partial charge < -0.3 is 11.1 Å². The minimum Gasteiger partial charge on any atom is -0.399 e. The van der Waals surface area contributed by atoms with E-state index in [0.29, 0.717) is 18.2 Å². The number of nitrogens with two attached hydrogens (primary N) is 1. The number of anilines is 1. The summed E-state index contributed by atoms with van der Waals surface area (Å²) < 4.78 is 0. The van der Waals surface area contributed by atoms with Crippen molar-refractivity contribution in [1.29, 1.82) is 0 Å². The predicted molar refractivity (Wildman–Crippen MR) is 78.5 cm³/mol. The van der Waals surface area contributed by atoms with Crippen molar-refractivity contribution in [3.63, 3.8) is 0 Å². The molecular weight excluding hydrogens is 258 g/mol. The van der Waals surface area contributed by atoms with Gasteiger partial charge in [0, 0.05) is 18.3 Å². The third-order valence-corrected chi connectivity index (χ3v) is 2.96. The summed E-state index contributed by atoms with van der Waals surface area (Å²) in [6.07, 6.45) is 2.99. The van der Waals surface area contributed by atoms with E-state index in [4.69, 9.17) is 5.73 Å². The van der Waals surface area contributed by atoms with Crippen molar-refractivity contribution in [3.05, 3.63) is 33.9 Å². The lowest BCUT2D eigenvalue weighted by Gasteiger charge is -2.07. The number of benzene rings is 1. The largest absolute Gasteiger partial charge is 0.399 e. The molecular formula is C14H21N3O3. The Bertz CT molecular complexity index is 487. The lowest BCUT2D eigenvalue weighted by atomic mass is 10.1. The molecule has 0 atom stereocenters. The average Bonchev–Trinajstić information content (AvgIpc) is 2.37. The SMILES string of the molecule is CC(C)CCCCNC(=O)c1cc(N)ccc1[N+](=O)[O-]. The fourth-order valence-corrected chi connectivity index (χ4v) is 1.87. The van der Waals surface area contributed by atoms with Crippen LogP contribution in [0.2, 0.25) is 0 Å². The molecule has 0 spiro atoms. The maximum atomic E-state index is 11.9. The number of nitro benzene ring substituents is 1. The molecule has 0 fully saturated rings. The van der Waals surface area contributed by atoms with Crippen molar-refractivity contribution in [3.8, 4) is 0 Å². The Hall–Kier alpha value is -2.11. The molecule has 0 heterocycles. The molecule has 20 heavy (non-hydrogen) atoms. The van der Waals surface area contributed by atoms with Crippen molar-refractivity contribution in [2.75, 3.05) is 12.3 Å². The minimum atomic E-state index is -0.576. The number of amides is 1. The standard InChI is InChI=1S/C14H21N3O3/c1-10(2)5-3-4-8-16-14(18)12-9-11(15)6-7-13(12)17(19)20/h6-7,9-10H,3-5,8,15H2,1-2H3,(H,16,18). The minimum absolute atomic E-state index is 0.0128. The Morgan fingerprint density at radius 1 is 1.40 bits per heavy atom. The van der Waals surface area contributed by atoms with Gasteiger partial charge >= 0.3 is 0 Å². The fraction of sp³-hybridized carbons (Fsp3) is 0.500. The summed E-state index contributed by atoms with van der Waals surface area (Å²) in [5.74, 6) is 0.189. The van der Waals surface area contributed by atoms with Crippen LogP contribution in [-0.2, 0) is 0 Å². The van der Waals surface area contributed by atoms with Gasteiger partial charge in [0.1, 0.15) is 5.56 Å². The summed E-state index contributed by atoms with van der Waals surface area (Å²) in [5.41, 5.74) is 5.70. The summed E-state index contributed by atoms with van der Waals surface area (Å²) >= 11 is 0. The molecule has 6 heteroatoms. The molecule has 0 aliphatic rings. The van der Waals surface area contributed by atoms with Crippen LogP contribution >= 0.6 is 0 Å². The number of nitrogen functional groups attached to an aromatic ring is 1. The molecule has 6 nitrogen and oxygen atoms in total. The summed E-state index contributed by atoms with van der Waals surface area (Å²) in [7, 11) is 0. The van der Waals surface area contributed by atoms with Gasteiger partial charge in [0.15, 0.2) is 0 Å². The number of nitrogens with one attached hydrogen (secondary N) is 1. The van der Waals surface area contributed by atoms with Gasteiger partial charge in [0.2, 0.25) is 0 Å². The molecule has 1 rings (SSSR count). The van der Waals surface area contributed by atoms with E-state index in [-0.39, 0.29) is 11.3 Å². The van der Waals surface area contributed by atoms with Crippen LogP contribution in [0.1, 0.15) is 43.5 Å². The zero-order valence-corrected chi connectivity index (χ0v) is 11.9. The molecule has 1 amide bonds. The number of hydrogen-bond donors (Lipinski definition) is 2.